The Morgan fingerprint density at radius 1 is 1.32 bits per heavy atom. The van der Waals surface area contributed by atoms with Crippen LogP contribution in [-0.2, 0) is 0 Å². The lowest BCUT2D eigenvalue weighted by molar-refractivity contribution is 0.311. The minimum Gasteiger partial charge on any atom is -0.310 e. The number of hydrogen-bond donors (Lipinski definition) is 1. The van der Waals surface area contributed by atoms with Crippen LogP contribution in [-0.4, -0.2) is 31.1 Å². The Morgan fingerprint density at radius 3 is 2.68 bits per heavy atom. The lowest BCUT2D eigenvalue weighted by atomic mass is 10.0. The molecule has 1 heterocycles. The van der Waals surface area contributed by atoms with E-state index in [2.05, 4.69) is 23.2 Å². The summed E-state index contributed by atoms with van der Waals surface area (Å²) in [5, 5.41) is 3.48. The summed E-state index contributed by atoms with van der Waals surface area (Å²) in [6.45, 7) is 8.38. The average molecular weight is 264 g/mol. The van der Waals surface area contributed by atoms with Gasteiger partial charge in [-0.25, -0.2) is 4.39 Å². The molecule has 1 aliphatic rings. The van der Waals surface area contributed by atoms with Gasteiger partial charge in [-0.2, -0.15) is 0 Å². The second-order valence-electron chi connectivity index (χ2n) is 5.46. The van der Waals surface area contributed by atoms with E-state index in [0.29, 0.717) is 0 Å². The quantitative estimate of drug-likeness (QED) is 0.848. The maximum Gasteiger partial charge on any atom is 0.126 e. The van der Waals surface area contributed by atoms with Gasteiger partial charge in [0.15, 0.2) is 0 Å². The second kappa shape index (κ2) is 7.01. The van der Waals surface area contributed by atoms with Crippen LogP contribution < -0.4 is 5.32 Å². The molecule has 1 aromatic rings. The number of rotatable bonds is 6. The van der Waals surface area contributed by atoms with E-state index in [1.807, 2.05) is 13.0 Å². The molecule has 0 aliphatic carbocycles. The molecule has 106 valence electrons. The summed E-state index contributed by atoms with van der Waals surface area (Å²) in [4.78, 5) is 2.51. The summed E-state index contributed by atoms with van der Waals surface area (Å²) in [6, 6.07) is 5.88. The predicted octanol–water partition coefficient (Wildman–Crippen LogP) is 3.27. The molecule has 2 nitrogen and oxygen atoms in total. The molecule has 1 aromatic carbocycles. The standard InChI is InChI=1S/C16H25FN2/c1-3-18-16(8-11-19-9-4-5-10-19)14-7-6-13(2)15(17)12-14/h6-7,12,16,18H,3-5,8-11H2,1-2H3. The fourth-order valence-corrected chi connectivity index (χ4v) is 2.78. The Kier molecular flexibility index (Phi) is 5.34. The van der Waals surface area contributed by atoms with Gasteiger partial charge in [0.25, 0.3) is 0 Å². The highest BCUT2D eigenvalue weighted by atomic mass is 19.1. The van der Waals surface area contributed by atoms with Crippen molar-refractivity contribution in [2.24, 2.45) is 0 Å². The van der Waals surface area contributed by atoms with Gasteiger partial charge >= 0.3 is 0 Å². The number of halogens is 1. The molecule has 0 radical (unpaired) electrons. The largest absolute Gasteiger partial charge is 0.310 e. The third-order valence-corrected chi connectivity index (χ3v) is 3.98. The Balaban J connectivity index is 1.99. The minimum absolute atomic E-state index is 0.0958. The molecule has 1 N–H and O–H groups in total. The van der Waals surface area contributed by atoms with Crippen molar-refractivity contribution in [1.82, 2.24) is 10.2 Å². The number of likely N-dealkylation sites (tertiary alicyclic amines) is 1. The van der Waals surface area contributed by atoms with Crippen molar-refractivity contribution in [3.05, 3.63) is 35.1 Å². The number of nitrogens with zero attached hydrogens (tertiary/aromatic N) is 1. The van der Waals surface area contributed by atoms with Crippen LogP contribution in [0.15, 0.2) is 18.2 Å². The van der Waals surface area contributed by atoms with E-state index in [4.69, 9.17) is 0 Å². The van der Waals surface area contributed by atoms with Gasteiger partial charge in [-0.1, -0.05) is 19.1 Å². The minimum atomic E-state index is -0.0958. The van der Waals surface area contributed by atoms with E-state index >= 15 is 0 Å². The third kappa shape index (κ3) is 4.02. The summed E-state index contributed by atoms with van der Waals surface area (Å²) >= 11 is 0. The number of hydrogen-bond acceptors (Lipinski definition) is 2. The van der Waals surface area contributed by atoms with Crippen molar-refractivity contribution in [2.75, 3.05) is 26.2 Å². The van der Waals surface area contributed by atoms with Gasteiger partial charge in [0.05, 0.1) is 0 Å². The van der Waals surface area contributed by atoms with Crippen molar-refractivity contribution in [2.45, 2.75) is 39.2 Å². The number of nitrogens with one attached hydrogen (secondary N) is 1. The van der Waals surface area contributed by atoms with Gasteiger partial charge in [-0.3, -0.25) is 0 Å². The molecule has 0 bridgehead atoms. The number of aryl methyl sites for hydroxylation is 1. The average Bonchev–Trinajstić information content (AvgIpc) is 2.91. The van der Waals surface area contributed by atoms with E-state index in [1.165, 1.54) is 25.9 Å². The Hall–Kier alpha value is -0.930. The highest BCUT2D eigenvalue weighted by molar-refractivity contribution is 5.25. The van der Waals surface area contributed by atoms with Gasteiger partial charge < -0.3 is 10.2 Å². The molecule has 1 fully saturated rings. The van der Waals surface area contributed by atoms with Gasteiger partial charge in [0.2, 0.25) is 0 Å². The van der Waals surface area contributed by atoms with E-state index < -0.39 is 0 Å². The zero-order chi connectivity index (χ0) is 13.7. The molecule has 1 saturated heterocycles. The summed E-state index contributed by atoms with van der Waals surface area (Å²) in [5.74, 6) is -0.0958. The van der Waals surface area contributed by atoms with Crippen molar-refractivity contribution < 1.29 is 4.39 Å². The lowest BCUT2D eigenvalue weighted by Gasteiger charge is -2.22. The van der Waals surface area contributed by atoms with Gasteiger partial charge in [-0.15, -0.1) is 0 Å². The molecule has 0 saturated carbocycles. The first-order valence-corrected chi connectivity index (χ1v) is 7.42. The van der Waals surface area contributed by atoms with Gasteiger partial charge in [0.1, 0.15) is 5.82 Å². The van der Waals surface area contributed by atoms with Crippen molar-refractivity contribution in [1.29, 1.82) is 0 Å². The van der Waals surface area contributed by atoms with Crippen molar-refractivity contribution in [3.8, 4) is 0 Å². The lowest BCUT2D eigenvalue weighted by Crippen LogP contribution is -2.28. The Labute approximate surface area is 116 Å². The zero-order valence-corrected chi connectivity index (χ0v) is 12.1. The van der Waals surface area contributed by atoms with Gasteiger partial charge in [-0.05, 0) is 69.6 Å². The highest BCUT2D eigenvalue weighted by Gasteiger charge is 2.16. The Morgan fingerprint density at radius 2 is 2.05 bits per heavy atom. The normalized spacial score (nSPS) is 17.8. The first kappa shape index (κ1) is 14.5. The van der Waals surface area contributed by atoms with Crippen molar-refractivity contribution in [3.63, 3.8) is 0 Å². The van der Waals surface area contributed by atoms with Crippen LogP contribution in [0.4, 0.5) is 4.39 Å². The molecule has 19 heavy (non-hydrogen) atoms. The Bertz CT molecular complexity index is 400. The second-order valence-corrected chi connectivity index (χ2v) is 5.46. The van der Waals surface area contributed by atoms with E-state index in [-0.39, 0.29) is 11.9 Å². The van der Waals surface area contributed by atoms with Crippen LogP contribution in [0.25, 0.3) is 0 Å². The van der Waals surface area contributed by atoms with E-state index in [0.717, 1.165) is 30.6 Å². The van der Waals surface area contributed by atoms with Crippen molar-refractivity contribution >= 4 is 0 Å². The van der Waals surface area contributed by atoms with Crippen LogP contribution in [0.1, 0.15) is 43.4 Å². The SMILES string of the molecule is CCNC(CCN1CCCC1)c1ccc(C)c(F)c1. The molecule has 0 aromatic heterocycles. The van der Waals surface area contributed by atoms with E-state index in [9.17, 15) is 4.39 Å². The molecule has 1 atom stereocenters. The summed E-state index contributed by atoms with van der Waals surface area (Å²) in [5.41, 5.74) is 1.79. The summed E-state index contributed by atoms with van der Waals surface area (Å²) in [6.07, 6.45) is 3.70. The zero-order valence-electron chi connectivity index (χ0n) is 12.1. The summed E-state index contributed by atoms with van der Waals surface area (Å²) in [7, 11) is 0. The molecule has 1 aliphatic heterocycles. The molecule has 0 spiro atoms. The molecular formula is C16H25FN2. The molecule has 2 rings (SSSR count). The van der Waals surface area contributed by atoms with Crippen LogP contribution in [0, 0.1) is 12.7 Å². The summed E-state index contributed by atoms with van der Waals surface area (Å²) < 4.78 is 13.7. The monoisotopic (exact) mass is 264 g/mol. The van der Waals surface area contributed by atoms with Crippen LogP contribution in [0.3, 0.4) is 0 Å². The molecular weight excluding hydrogens is 239 g/mol. The predicted molar refractivity (Wildman–Crippen MR) is 77.8 cm³/mol. The fourth-order valence-electron chi connectivity index (χ4n) is 2.78. The van der Waals surface area contributed by atoms with Gasteiger partial charge in [0, 0.05) is 6.04 Å². The molecule has 0 amide bonds. The first-order valence-electron chi connectivity index (χ1n) is 7.42. The van der Waals surface area contributed by atoms with Crippen LogP contribution in [0.2, 0.25) is 0 Å². The third-order valence-electron chi connectivity index (χ3n) is 3.98. The topological polar surface area (TPSA) is 15.3 Å². The van der Waals surface area contributed by atoms with Crippen LogP contribution in [0.5, 0.6) is 0 Å². The number of benzene rings is 1. The van der Waals surface area contributed by atoms with Crippen LogP contribution >= 0.6 is 0 Å². The maximum absolute atomic E-state index is 13.7. The fraction of sp³-hybridized carbons (Fsp3) is 0.625. The smallest absolute Gasteiger partial charge is 0.126 e. The molecule has 1 unspecified atom stereocenters. The maximum atomic E-state index is 13.7. The van der Waals surface area contributed by atoms with E-state index in [1.54, 1.807) is 6.07 Å². The molecule has 3 heteroatoms. The first-order chi connectivity index (χ1) is 9.20. The highest BCUT2D eigenvalue weighted by Crippen LogP contribution is 2.21.